The zero-order valence-electron chi connectivity index (χ0n) is 76.3. The van der Waals surface area contributed by atoms with Crippen LogP contribution in [-0.2, 0) is 102 Å². The van der Waals surface area contributed by atoms with Crippen molar-refractivity contribution in [3.63, 3.8) is 0 Å². The van der Waals surface area contributed by atoms with E-state index < -0.39 is 175 Å². The Bertz CT molecular complexity index is 3760. The van der Waals surface area contributed by atoms with Crippen molar-refractivity contribution in [3.05, 3.63) is 35.9 Å². The first-order chi connectivity index (χ1) is 56.8. The lowest BCUT2D eigenvalue weighted by Crippen LogP contribution is -2.67. The van der Waals surface area contributed by atoms with Gasteiger partial charge in [-0.1, -0.05) is 58.0 Å². The van der Waals surface area contributed by atoms with E-state index in [4.69, 9.17) is 9.47 Å². The molecule has 0 fully saturated rings. The molecular weight excluding hydrogens is 1600 g/mol. The van der Waals surface area contributed by atoms with Gasteiger partial charge in [0.15, 0.2) is 0 Å². The molecule has 1 aromatic rings. The molecule has 39 nitrogen and oxygen atoms in total. The fourth-order valence-electron chi connectivity index (χ4n) is 11.8. The van der Waals surface area contributed by atoms with Crippen LogP contribution in [0.1, 0.15) is 255 Å². The fourth-order valence-corrected chi connectivity index (χ4v) is 11.8. The molecule has 0 aliphatic rings. The maximum Gasteiger partial charge on any atom is 0.408 e. The van der Waals surface area contributed by atoms with E-state index in [1.165, 1.54) is 111 Å². The summed E-state index contributed by atoms with van der Waals surface area (Å²) in [5.41, 5.74) is -14.5. The topological polar surface area (TPSA) is 559 Å². The SMILES string of the molecule is CC(C)C[C@H](NC(=O)OC(C)(C)C)C(=O)NC(C)(C)C(=O)N[C@@H](CCCCNC=O)C(=O)NC(C)(C)C(=O)NC(C)(C)C(=O)N[C@@H](CCCCNC=O)C(=O)NC(C)(C)C(=O)N[C@@H](CC(C)C)C(=O)NC(C)(C)C(=O)N[C@@H](CCCCNC=O)C(=O)NC(C)(C)C(=O)NC(C)(C)C(=O)N[C@@H](CCCCNC=O)C(=O)NC(C)(C)C(=O)OCc1ccccc1. The molecule has 0 aliphatic heterocycles. The molecule has 123 heavy (non-hydrogen) atoms. The van der Waals surface area contributed by atoms with E-state index >= 15 is 0 Å². The Kier molecular flexibility index (Phi) is 45.2. The number of benzene rings is 1. The van der Waals surface area contributed by atoms with Crippen LogP contribution >= 0.6 is 0 Å². The van der Waals surface area contributed by atoms with Crippen LogP contribution in [0.4, 0.5) is 4.79 Å². The van der Waals surface area contributed by atoms with Crippen LogP contribution in [0.3, 0.4) is 0 Å². The van der Waals surface area contributed by atoms with E-state index in [9.17, 15) is 91.1 Å². The Morgan fingerprint density at radius 2 is 0.537 bits per heavy atom. The molecule has 18 amide bonds. The van der Waals surface area contributed by atoms with Crippen LogP contribution in [0.15, 0.2) is 30.3 Å². The minimum Gasteiger partial charge on any atom is -0.459 e. The summed E-state index contributed by atoms with van der Waals surface area (Å²) < 4.78 is 10.8. The van der Waals surface area contributed by atoms with E-state index in [1.54, 1.807) is 65.0 Å². The fraction of sp³-hybridized carbons (Fsp3) is 0.702. The summed E-state index contributed by atoms with van der Waals surface area (Å²) in [5, 5.41) is 47.1. The van der Waals surface area contributed by atoms with Crippen molar-refractivity contribution >= 4 is 114 Å². The van der Waals surface area contributed by atoms with Crippen LogP contribution in [0, 0.1) is 11.8 Å². The number of carbonyl (C=O) groups excluding carboxylic acids is 19. The third-order valence-electron chi connectivity index (χ3n) is 19.3. The highest BCUT2D eigenvalue weighted by molar-refractivity contribution is 6.03. The molecule has 39 heteroatoms. The van der Waals surface area contributed by atoms with Gasteiger partial charge in [-0.15, -0.1) is 0 Å². The predicted octanol–water partition coefficient (Wildman–Crippen LogP) is 0.963. The second-order valence-corrected chi connectivity index (χ2v) is 36.8. The van der Waals surface area contributed by atoms with Crippen molar-refractivity contribution in [3.8, 4) is 0 Å². The number of ether oxygens (including phenoxy) is 2. The third kappa shape index (κ3) is 41.1. The molecule has 0 unspecified atom stereocenters. The van der Waals surface area contributed by atoms with Crippen LogP contribution in [0.25, 0.3) is 0 Å². The Balaban J connectivity index is 3.51. The maximum absolute atomic E-state index is 14.5. The smallest absolute Gasteiger partial charge is 0.408 e. The molecule has 1 rings (SSSR count). The van der Waals surface area contributed by atoms with Crippen molar-refractivity contribution in [2.75, 3.05) is 26.2 Å². The number of hydrogen-bond acceptors (Lipinski definition) is 21. The maximum atomic E-state index is 14.5. The highest BCUT2D eigenvalue weighted by atomic mass is 16.6. The second kappa shape index (κ2) is 50.5. The van der Waals surface area contributed by atoms with E-state index in [2.05, 4.69) is 95.7 Å². The van der Waals surface area contributed by atoms with Gasteiger partial charge >= 0.3 is 12.1 Å². The van der Waals surface area contributed by atoms with Crippen LogP contribution < -0.4 is 95.7 Å². The van der Waals surface area contributed by atoms with E-state index in [-0.39, 0.29) is 102 Å². The van der Waals surface area contributed by atoms with Crippen LogP contribution in [0.2, 0.25) is 0 Å². The molecular formula is C84H142N18O21. The molecule has 6 atom stereocenters. The highest BCUT2D eigenvalue weighted by Crippen LogP contribution is 2.21. The molecule has 0 radical (unpaired) electrons. The monoisotopic (exact) mass is 1740 g/mol. The van der Waals surface area contributed by atoms with E-state index in [0.29, 0.717) is 63.3 Å². The van der Waals surface area contributed by atoms with Crippen LogP contribution in [0.5, 0.6) is 0 Å². The Hall–Kier alpha value is -11.1. The van der Waals surface area contributed by atoms with E-state index in [1.807, 2.05) is 13.8 Å². The summed E-state index contributed by atoms with van der Waals surface area (Å²) in [6, 6.07) is 0.885. The number of amides is 18. The molecule has 1 aromatic carbocycles. The van der Waals surface area contributed by atoms with Gasteiger partial charge in [-0.2, -0.15) is 0 Å². The second-order valence-electron chi connectivity index (χ2n) is 36.8. The Morgan fingerprint density at radius 3 is 0.797 bits per heavy atom. The number of nitrogens with one attached hydrogen (secondary N) is 18. The first kappa shape index (κ1) is 110. The molecule has 18 N–H and O–H groups in total. The number of hydrogen-bond donors (Lipinski definition) is 18. The standard InChI is InChI=1S/C84H142N18O21/c1-52(2)45-59(65(111)98-77(8,9)67(113)89-56(38-28-32-42-86-49-104)62(108)96-83(20,21)73(119)102-81(16,17)71(117)92-58(40-30-34-44-88-51-106)64(110)100-84(22,23)74(120)122-47-54-35-25-24-26-36-54)93-69(115)79(12,13)95-61(107)55(37-27-31-41-85-48-103)91-70(116)80(14,15)101-72(118)82(18,19)97-63(109)57(39-29-33-43-87-50-105)90-68(114)78(10,11)99-66(112)60(46-53(3)4)94-75(121)123-76(5,6)7/h24-26,35-36,48-53,55-60H,27-34,37-47H2,1-23H3,(H,85,103)(H,86,104)(H,87,105)(H,88,106)(H,89,113)(H,90,114)(H,91,116)(H,92,117)(H,93,115)(H,94,121)(H,95,107)(H,96,108)(H,97,109)(H,98,111)(H,99,112)(H,100,110)(H,101,118)(H,102,119)/t55-,56-,57-,58-,59-,60-/m0/s1. The lowest BCUT2D eigenvalue weighted by atomic mass is 9.96. The van der Waals surface area contributed by atoms with Gasteiger partial charge in [0.1, 0.15) is 92.8 Å². The minimum absolute atomic E-state index is 0.0227. The lowest BCUT2D eigenvalue weighted by molar-refractivity contribution is -0.154. The summed E-state index contributed by atoms with van der Waals surface area (Å²) in [5.74, 6) is -12.3. The molecule has 0 saturated heterocycles. The van der Waals surface area contributed by atoms with Gasteiger partial charge in [0, 0.05) is 26.2 Å². The molecule has 694 valence electrons. The quantitative estimate of drug-likeness (QED) is 0.0245. The summed E-state index contributed by atoms with van der Waals surface area (Å²) in [4.78, 5) is 256. The molecule has 0 heterocycles. The third-order valence-corrected chi connectivity index (χ3v) is 19.3. The predicted molar refractivity (Wildman–Crippen MR) is 457 cm³/mol. The first-order valence-corrected chi connectivity index (χ1v) is 41.8. The lowest BCUT2D eigenvalue weighted by Gasteiger charge is -2.35. The van der Waals surface area contributed by atoms with Gasteiger partial charge < -0.3 is 105 Å². The van der Waals surface area contributed by atoms with Gasteiger partial charge in [0.2, 0.25) is 102 Å². The molecule has 0 aromatic heterocycles. The zero-order valence-corrected chi connectivity index (χ0v) is 76.3. The number of unbranched alkanes of at least 4 members (excludes halogenated alkanes) is 4. The number of alkyl carbamates (subject to hydrolysis) is 1. The van der Waals surface area contributed by atoms with Crippen LogP contribution in [-0.4, -0.2) is 227 Å². The van der Waals surface area contributed by atoms with Crippen molar-refractivity contribution in [2.24, 2.45) is 11.8 Å². The van der Waals surface area contributed by atoms with E-state index in [0.717, 1.165) is 0 Å². The zero-order chi connectivity index (χ0) is 94.3. The number of esters is 1. The number of rotatable bonds is 58. The molecule has 0 aliphatic carbocycles. The summed E-state index contributed by atoms with van der Waals surface area (Å²) in [6.07, 6.45) is 3.57. The van der Waals surface area contributed by atoms with Gasteiger partial charge in [0.05, 0.1) is 0 Å². The summed E-state index contributed by atoms with van der Waals surface area (Å²) >= 11 is 0. The largest absolute Gasteiger partial charge is 0.459 e. The number of carbonyl (C=O) groups is 19. The Morgan fingerprint density at radius 1 is 0.301 bits per heavy atom. The molecule has 0 spiro atoms. The average molecular weight is 1740 g/mol. The molecule has 0 bridgehead atoms. The van der Waals surface area contributed by atoms with Crippen molar-refractivity contribution < 1.29 is 101 Å². The van der Waals surface area contributed by atoms with Crippen molar-refractivity contribution in [1.82, 2.24) is 95.7 Å². The minimum atomic E-state index is -1.87. The van der Waals surface area contributed by atoms with Gasteiger partial charge in [-0.05, 0) is 239 Å². The van der Waals surface area contributed by atoms with Crippen molar-refractivity contribution in [1.29, 1.82) is 0 Å². The van der Waals surface area contributed by atoms with Gasteiger partial charge in [-0.25, -0.2) is 9.59 Å². The van der Waals surface area contributed by atoms with Gasteiger partial charge in [-0.3, -0.25) is 81.5 Å². The summed E-state index contributed by atoms with van der Waals surface area (Å²) in [6.45, 7) is 34.6. The van der Waals surface area contributed by atoms with Crippen molar-refractivity contribution in [2.45, 2.75) is 342 Å². The first-order valence-electron chi connectivity index (χ1n) is 41.8. The highest BCUT2D eigenvalue weighted by Gasteiger charge is 2.46. The Labute approximate surface area is 723 Å². The average Bonchev–Trinajstić information content (AvgIpc) is 0.820. The van der Waals surface area contributed by atoms with Gasteiger partial charge in [0.25, 0.3) is 0 Å². The summed E-state index contributed by atoms with van der Waals surface area (Å²) in [7, 11) is 0. The normalized spacial score (nSPS) is 13.5. The molecule has 0 saturated carbocycles.